The Kier molecular flexibility index (Phi) is 6.93. The Morgan fingerprint density at radius 2 is 1.97 bits per heavy atom. The molecular weight excluding hydrogens is 442 g/mol. The molecule has 0 radical (unpaired) electrons. The molecule has 1 atom stereocenters. The maximum absolute atomic E-state index is 9.60. The number of piperidine rings is 1. The van der Waals surface area contributed by atoms with Gasteiger partial charge in [0.1, 0.15) is 29.2 Å². The van der Waals surface area contributed by atoms with Gasteiger partial charge in [0, 0.05) is 30.9 Å². The van der Waals surface area contributed by atoms with Crippen molar-refractivity contribution < 1.29 is 4.74 Å². The number of pyridine rings is 2. The number of rotatable bonds is 6. The second kappa shape index (κ2) is 10.2. The van der Waals surface area contributed by atoms with E-state index in [1.54, 1.807) is 21.6 Å². The molecule has 0 amide bonds. The van der Waals surface area contributed by atoms with Crippen LogP contribution < -0.4 is 10.6 Å². The number of aliphatic imine (C=N–C) groups is 1. The van der Waals surface area contributed by atoms with Crippen molar-refractivity contribution in [1.82, 2.24) is 19.3 Å². The third kappa shape index (κ3) is 5.07. The second-order valence-electron chi connectivity index (χ2n) is 8.56. The fraction of sp³-hybridized carbons (Fsp3) is 0.360. The first-order chi connectivity index (χ1) is 16.9. The predicted octanol–water partition coefficient (Wildman–Crippen LogP) is 3.12. The highest BCUT2D eigenvalue weighted by Crippen LogP contribution is 2.26. The zero-order chi connectivity index (χ0) is 24.9. The van der Waals surface area contributed by atoms with Crippen molar-refractivity contribution in [2.24, 2.45) is 15.9 Å². The van der Waals surface area contributed by atoms with Gasteiger partial charge >= 0.3 is 0 Å². The van der Waals surface area contributed by atoms with Crippen LogP contribution in [0.15, 0.2) is 46.8 Å². The predicted molar refractivity (Wildman–Crippen MR) is 132 cm³/mol. The van der Waals surface area contributed by atoms with E-state index in [1.807, 2.05) is 39.0 Å². The van der Waals surface area contributed by atoms with Crippen molar-refractivity contribution in [3.63, 3.8) is 0 Å². The van der Waals surface area contributed by atoms with E-state index < -0.39 is 0 Å². The highest BCUT2D eigenvalue weighted by molar-refractivity contribution is 6.47. The zero-order valence-corrected chi connectivity index (χ0v) is 20.0. The molecule has 2 N–H and O–H groups in total. The first kappa shape index (κ1) is 23.7. The van der Waals surface area contributed by atoms with E-state index in [2.05, 4.69) is 27.3 Å². The maximum atomic E-state index is 9.60. The van der Waals surface area contributed by atoms with E-state index in [4.69, 9.17) is 20.8 Å². The van der Waals surface area contributed by atoms with Gasteiger partial charge in [-0.3, -0.25) is 14.4 Å². The topological polar surface area (TPSA) is 141 Å². The quantitative estimate of drug-likeness (QED) is 0.253. The van der Waals surface area contributed by atoms with Crippen LogP contribution in [0.2, 0.25) is 0 Å². The molecule has 4 rings (SSSR count). The number of fused-ring (bicyclic) bond motifs is 1. The standard InChI is InChI=1S/C25H27N9O/c1-16-4-5-22(29-13-16)18(3)35-24-11-19(10-23-30-14-21(12-26)34(23)24)25(32-28)17(2)31-20-6-8-33(15-27)9-7-20/h4-5,10-11,13-14,18,20H,6-9,28H2,1-3H3/b31-17?,32-25+. The van der Waals surface area contributed by atoms with Gasteiger partial charge in [-0.1, -0.05) is 6.07 Å². The average Bonchev–Trinajstić information content (AvgIpc) is 3.29. The first-order valence-electron chi connectivity index (χ1n) is 11.4. The largest absolute Gasteiger partial charge is 0.469 e. The Bertz CT molecular complexity index is 1350. The summed E-state index contributed by atoms with van der Waals surface area (Å²) in [6.45, 7) is 7.12. The molecule has 0 spiro atoms. The van der Waals surface area contributed by atoms with Crippen molar-refractivity contribution >= 4 is 17.1 Å². The first-order valence-corrected chi connectivity index (χ1v) is 11.4. The number of hydrogen-bond acceptors (Lipinski definition) is 9. The molecule has 1 unspecified atom stereocenters. The average molecular weight is 470 g/mol. The van der Waals surface area contributed by atoms with E-state index in [-0.39, 0.29) is 12.1 Å². The summed E-state index contributed by atoms with van der Waals surface area (Å²) in [6.07, 6.45) is 6.70. The van der Waals surface area contributed by atoms with Crippen LogP contribution >= 0.6 is 0 Å². The Morgan fingerprint density at radius 1 is 1.20 bits per heavy atom. The minimum absolute atomic E-state index is 0.0973. The van der Waals surface area contributed by atoms with Gasteiger partial charge in [0.25, 0.3) is 0 Å². The highest BCUT2D eigenvalue weighted by atomic mass is 16.5. The molecule has 1 saturated heterocycles. The summed E-state index contributed by atoms with van der Waals surface area (Å²) in [5, 5.41) is 22.7. The summed E-state index contributed by atoms with van der Waals surface area (Å²) in [4.78, 5) is 15.4. The van der Waals surface area contributed by atoms with E-state index in [1.165, 1.54) is 6.20 Å². The van der Waals surface area contributed by atoms with E-state index in [0.29, 0.717) is 47.3 Å². The molecule has 10 heteroatoms. The lowest BCUT2D eigenvalue weighted by atomic mass is 10.0. The molecule has 0 aromatic carbocycles. The molecule has 1 aliphatic rings. The van der Waals surface area contributed by atoms with E-state index in [0.717, 1.165) is 24.1 Å². The van der Waals surface area contributed by atoms with Crippen molar-refractivity contribution in [1.29, 1.82) is 10.5 Å². The van der Waals surface area contributed by atoms with Gasteiger partial charge < -0.3 is 15.5 Å². The SMILES string of the molecule is CC(=NC1CCN(C#N)CC1)/C(=N\N)c1cc(OC(C)c2ccc(C)cn2)n2c(C#N)cnc2c1. The maximum Gasteiger partial charge on any atom is 0.201 e. The number of nitrogens with zero attached hydrogens (tertiary/aromatic N) is 8. The second-order valence-corrected chi connectivity index (χ2v) is 8.56. The summed E-state index contributed by atoms with van der Waals surface area (Å²) in [6, 6.07) is 9.76. The van der Waals surface area contributed by atoms with Crippen LogP contribution in [0, 0.1) is 29.7 Å². The lowest BCUT2D eigenvalue weighted by Crippen LogP contribution is -2.32. The Labute approximate surface area is 204 Å². The van der Waals surface area contributed by atoms with Crippen molar-refractivity contribution in [3.05, 3.63) is 59.2 Å². The van der Waals surface area contributed by atoms with Crippen LogP contribution in [0.4, 0.5) is 0 Å². The zero-order valence-electron chi connectivity index (χ0n) is 20.0. The molecule has 10 nitrogen and oxygen atoms in total. The third-order valence-corrected chi connectivity index (χ3v) is 6.06. The highest BCUT2D eigenvalue weighted by Gasteiger charge is 2.21. The number of aryl methyl sites for hydroxylation is 1. The number of nitrogens with two attached hydrogens (primary N) is 1. The summed E-state index contributed by atoms with van der Waals surface area (Å²) >= 11 is 0. The van der Waals surface area contributed by atoms with Gasteiger partial charge in [-0.05, 0) is 51.3 Å². The van der Waals surface area contributed by atoms with Crippen LogP contribution in [0.5, 0.6) is 5.88 Å². The van der Waals surface area contributed by atoms with E-state index >= 15 is 0 Å². The molecule has 0 saturated carbocycles. The van der Waals surface area contributed by atoms with Gasteiger partial charge in [-0.15, -0.1) is 0 Å². The number of imidazole rings is 1. The van der Waals surface area contributed by atoms with Gasteiger partial charge in [0.2, 0.25) is 5.88 Å². The Morgan fingerprint density at radius 3 is 2.60 bits per heavy atom. The molecule has 4 heterocycles. The number of aromatic nitrogens is 3. The monoisotopic (exact) mass is 469 g/mol. The number of nitriles is 2. The Balaban J connectivity index is 1.68. The summed E-state index contributed by atoms with van der Waals surface area (Å²) in [7, 11) is 0. The van der Waals surface area contributed by atoms with Gasteiger partial charge in [0.15, 0.2) is 6.19 Å². The Hall–Kier alpha value is -4.44. The molecule has 1 fully saturated rings. The van der Waals surface area contributed by atoms with Crippen LogP contribution in [0.3, 0.4) is 0 Å². The third-order valence-electron chi connectivity index (χ3n) is 6.06. The normalized spacial score (nSPS) is 16.1. The molecule has 0 bridgehead atoms. The smallest absolute Gasteiger partial charge is 0.201 e. The van der Waals surface area contributed by atoms with Crippen molar-refractivity contribution in [3.8, 4) is 18.1 Å². The van der Waals surface area contributed by atoms with Crippen molar-refractivity contribution in [2.75, 3.05) is 13.1 Å². The lowest BCUT2D eigenvalue weighted by Gasteiger charge is -2.26. The molecule has 3 aromatic rings. The number of likely N-dealkylation sites (tertiary alicyclic amines) is 1. The number of ether oxygens (including phenoxy) is 1. The van der Waals surface area contributed by atoms with Gasteiger partial charge in [0.05, 0.1) is 23.6 Å². The molecule has 1 aliphatic heterocycles. The number of hydrogen-bond donors (Lipinski definition) is 1. The minimum Gasteiger partial charge on any atom is -0.469 e. The van der Waals surface area contributed by atoms with Crippen molar-refractivity contribution in [2.45, 2.75) is 45.8 Å². The van der Waals surface area contributed by atoms with Gasteiger partial charge in [-0.2, -0.15) is 15.6 Å². The molecular formula is C25H27N9O. The summed E-state index contributed by atoms with van der Waals surface area (Å²) < 4.78 is 7.94. The summed E-state index contributed by atoms with van der Waals surface area (Å²) in [5.41, 5.74) is 4.61. The summed E-state index contributed by atoms with van der Waals surface area (Å²) in [5.74, 6) is 6.24. The fourth-order valence-corrected chi connectivity index (χ4v) is 4.15. The molecule has 3 aromatic heterocycles. The lowest BCUT2D eigenvalue weighted by molar-refractivity contribution is 0.210. The van der Waals surface area contributed by atoms with Crippen LogP contribution in [0.1, 0.15) is 55.3 Å². The minimum atomic E-state index is -0.374. The van der Waals surface area contributed by atoms with Crippen LogP contribution in [-0.4, -0.2) is 49.8 Å². The number of hydrazone groups is 1. The molecule has 0 aliphatic carbocycles. The van der Waals surface area contributed by atoms with E-state index in [9.17, 15) is 5.26 Å². The molecule has 178 valence electrons. The van der Waals surface area contributed by atoms with Crippen LogP contribution in [0.25, 0.3) is 5.65 Å². The molecule has 35 heavy (non-hydrogen) atoms. The fourth-order valence-electron chi connectivity index (χ4n) is 4.15. The van der Waals surface area contributed by atoms with Crippen LogP contribution in [-0.2, 0) is 0 Å². The van der Waals surface area contributed by atoms with Gasteiger partial charge in [-0.25, -0.2) is 4.98 Å².